The molecule has 3 aliphatic rings. The lowest BCUT2D eigenvalue weighted by molar-refractivity contribution is -0.151. The highest BCUT2D eigenvalue weighted by molar-refractivity contribution is 6.09. The zero-order chi connectivity index (χ0) is 21.7. The highest BCUT2D eigenvalue weighted by atomic mass is 16.5. The van der Waals surface area contributed by atoms with E-state index in [9.17, 15) is 24.0 Å². The highest BCUT2D eigenvalue weighted by Crippen LogP contribution is 2.38. The van der Waals surface area contributed by atoms with Crippen LogP contribution in [0.15, 0.2) is 0 Å². The van der Waals surface area contributed by atoms with Gasteiger partial charge in [0.2, 0.25) is 0 Å². The topological polar surface area (TPSA) is 134 Å². The number of ether oxygens (including phenoxy) is 1. The normalized spacial score (nSPS) is 27.0. The van der Waals surface area contributed by atoms with Crippen LogP contribution in [0, 0.1) is 5.92 Å². The molecule has 0 aromatic heterocycles. The van der Waals surface area contributed by atoms with Gasteiger partial charge in [0.15, 0.2) is 6.61 Å². The minimum atomic E-state index is -0.954. The number of carbonyl (C=O) groups excluding carboxylic acids is 5. The molecule has 166 valence electrons. The lowest BCUT2D eigenvalue weighted by Gasteiger charge is -2.36. The molecule has 0 bridgehead atoms. The molecule has 1 saturated heterocycles. The van der Waals surface area contributed by atoms with Crippen LogP contribution in [0.3, 0.4) is 0 Å². The Labute approximate surface area is 175 Å². The summed E-state index contributed by atoms with van der Waals surface area (Å²) in [6, 6.07) is -1.20. The number of esters is 1. The average Bonchev–Trinajstić information content (AvgIpc) is 2.94. The molecule has 0 unspecified atom stereocenters. The number of hydrogen-bond donors (Lipinski definition) is 3. The van der Waals surface area contributed by atoms with Crippen LogP contribution in [0.5, 0.6) is 0 Å². The van der Waals surface area contributed by atoms with Gasteiger partial charge in [-0.3, -0.25) is 24.6 Å². The fraction of sp³-hybridized carbons (Fsp3) is 0.750. The van der Waals surface area contributed by atoms with Crippen molar-refractivity contribution in [3.8, 4) is 0 Å². The standard InChI is InChI=1S/C20H30N4O6/c1-13-7-5-6-10-20(13)17(27)24(19(29)23-20)11-16(26)30-12-15(25)22-18(28)21-14-8-3-2-4-9-14/h13-14H,2-12H2,1H3,(H,23,29)(H2,21,22,25,28)/t13-,20+/m0/s1. The van der Waals surface area contributed by atoms with Gasteiger partial charge in [-0.05, 0) is 31.6 Å². The van der Waals surface area contributed by atoms with E-state index in [-0.39, 0.29) is 12.0 Å². The average molecular weight is 422 g/mol. The van der Waals surface area contributed by atoms with Crippen molar-refractivity contribution >= 4 is 29.8 Å². The molecule has 3 N–H and O–H groups in total. The summed E-state index contributed by atoms with van der Waals surface area (Å²) in [5, 5.41) is 7.60. The van der Waals surface area contributed by atoms with Gasteiger partial charge in [0.05, 0.1) is 0 Å². The fourth-order valence-corrected chi connectivity index (χ4v) is 4.59. The third kappa shape index (κ3) is 4.91. The molecule has 2 aliphatic carbocycles. The number of nitrogens with zero attached hydrogens (tertiary/aromatic N) is 1. The van der Waals surface area contributed by atoms with Gasteiger partial charge in [-0.1, -0.05) is 39.0 Å². The quantitative estimate of drug-likeness (QED) is 0.450. The first-order valence-corrected chi connectivity index (χ1v) is 10.7. The number of amides is 6. The SMILES string of the molecule is C[C@H]1CCCC[C@@]12NC(=O)N(CC(=O)OCC(=O)NC(=O)NC1CCCCC1)C2=O. The monoisotopic (exact) mass is 422 g/mol. The summed E-state index contributed by atoms with van der Waals surface area (Å²) in [6.07, 6.45) is 8.18. The van der Waals surface area contributed by atoms with E-state index in [0.717, 1.165) is 56.3 Å². The van der Waals surface area contributed by atoms with Gasteiger partial charge < -0.3 is 15.4 Å². The van der Waals surface area contributed by atoms with Gasteiger partial charge in [-0.25, -0.2) is 9.59 Å². The molecule has 30 heavy (non-hydrogen) atoms. The van der Waals surface area contributed by atoms with Gasteiger partial charge in [0.25, 0.3) is 11.8 Å². The molecule has 3 fully saturated rings. The third-order valence-electron chi connectivity index (χ3n) is 6.35. The Morgan fingerprint density at radius 3 is 2.50 bits per heavy atom. The van der Waals surface area contributed by atoms with Crippen LogP contribution in [0.2, 0.25) is 0 Å². The van der Waals surface area contributed by atoms with E-state index in [1.807, 2.05) is 6.92 Å². The number of imide groups is 2. The minimum Gasteiger partial charge on any atom is -0.454 e. The molecular weight excluding hydrogens is 392 g/mol. The summed E-state index contributed by atoms with van der Waals surface area (Å²) in [5.74, 6) is -2.10. The lowest BCUT2D eigenvalue weighted by Crippen LogP contribution is -2.54. The van der Waals surface area contributed by atoms with E-state index in [0.29, 0.717) is 6.42 Å². The maximum Gasteiger partial charge on any atom is 0.326 e. The summed E-state index contributed by atoms with van der Waals surface area (Å²) in [5.41, 5.74) is -0.954. The molecule has 0 aromatic rings. The van der Waals surface area contributed by atoms with Crippen molar-refractivity contribution in [3.05, 3.63) is 0 Å². The molecule has 0 radical (unpaired) electrons. The van der Waals surface area contributed by atoms with E-state index in [4.69, 9.17) is 4.74 Å². The van der Waals surface area contributed by atoms with E-state index in [1.54, 1.807) is 0 Å². The Bertz CT molecular complexity index is 720. The summed E-state index contributed by atoms with van der Waals surface area (Å²) in [6.45, 7) is 0.685. The Morgan fingerprint density at radius 1 is 1.10 bits per heavy atom. The Hall–Kier alpha value is -2.65. The molecule has 3 rings (SSSR count). The van der Waals surface area contributed by atoms with Gasteiger partial charge in [0, 0.05) is 6.04 Å². The molecule has 2 atom stereocenters. The zero-order valence-electron chi connectivity index (χ0n) is 17.3. The predicted octanol–water partition coefficient (Wildman–Crippen LogP) is 1.19. The fourth-order valence-electron chi connectivity index (χ4n) is 4.59. The largest absolute Gasteiger partial charge is 0.454 e. The van der Waals surface area contributed by atoms with Crippen LogP contribution >= 0.6 is 0 Å². The zero-order valence-corrected chi connectivity index (χ0v) is 17.3. The molecule has 10 nitrogen and oxygen atoms in total. The van der Waals surface area contributed by atoms with E-state index < -0.39 is 48.5 Å². The van der Waals surface area contributed by atoms with Crippen molar-refractivity contribution in [2.45, 2.75) is 76.3 Å². The van der Waals surface area contributed by atoms with Crippen molar-refractivity contribution in [1.82, 2.24) is 20.9 Å². The predicted molar refractivity (Wildman–Crippen MR) is 105 cm³/mol. The minimum absolute atomic E-state index is 0.0165. The molecule has 2 saturated carbocycles. The molecule has 1 spiro atoms. The third-order valence-corrected chi connectivity index (χ3v) is 6.35. The lowest BCUT2D eigenvalue weighted by atomic mass is 9.73. The van der Waals surface area contributed by atoms with E-state index in [2.05, 4.69) is 16.0 Å². The summed E-state index contributed by atoms with van der Waals surface area (Å²) in [7, 11) is 0. The second-order valence-corrected chi connectivity index (χ2v) is 8.46. The number of urea groups is 2. The van der Waals surface area contributed by atoms with Gasteiger partial charge in [-0.2, -0.15) is 0 Å². The molecule has 0 aromatic carbocycles. The summed E-state index contributed by atoms with van der Waals surface area (Å²) in [4.78, 5) is 61.7. The first-order chi connectivity index (χ1) is 14.3. The molecule has 1 heterocycles. The van der Waals surface area contributed by atoms with Crippen LogP contribution < -0.4 is 16.0 Å². The maximum atomic E-state index is 12.8. The smallest absolute Gasteiger partial charge is 0.326 e. The Morgan fingerprint density at radius 2 is 1.80 bits per heavy atom. The van der Waals surface area contributed by atoms with Crippen LogP contribution in [-0.4, -0.2) is 59.5 Å². The molecule has 10 heteroatoms. The van der Waals surface area contributed by atoms with Gasteiger partial charge in [0.1, 0.15) is 12.1 Å². The Kier molecular flexibility index (Phi) is 6.94. The number of nitrogens with one attached hydrogen (secondary N) is 3. The van der Waals surface area contributed by atoms with Crippen molar-refractivity contribution in [1.29, 1.82) is 0 Å². The van der Waals surface area contributed by atoms with Crippen LogP contribution in [0.25, 0.3) is 0 Å². The first kappa shape index (κ1) is 22.0. The van der Waals surface area contributed by atoms with Gasteiger partial charge in [-0.15, -0.1) is 0 Å². The summed E-state index contributed by atoms with van der Waals surface area (Å²) >= 11 is 0. The second kappa shape index (κ2) is 9.44. The number of hydrogen-bond acceptors (Lipinski definition) is 6. The first-order valence-electron chi connectivity index (χ1n) is 10.7. The van der Waals surface area contributed by atoms with Crippen LogP contribution in [0.1, 0.15) is 64.7 Å². The van der Waals surface area contributed by atoms with Crippen molar-refractivity contribution in [2.75, 3.05) is 13.2 Å². The van der Waals surface area contributed by atoms with E-state index in [1.165, 1.54) is 0 Å². The van der Waals surface area contributed by atoms with E-state index >= 15 is 0 Å². The molecule has 6 amide bonds. The summed E-state index contributed by atoms with van der Waals surface area (Å²) < 4.78 is 4.85. The van der Waals surface area contributed by atoms with Crippen LogP contribution in [-0.2, 0) is 19.1 Å². The van der Waals surface area contributed by atoms with Gasteiger partial charge >= 0.3 is 18.0 Å². The highest BCUT2D eigenvalue weighted by Gasteiger charge is 2.55. The second-order valence-electron chi connectivity index (χ2n) is 8.46. The molecular formula is C20H30N4O6. The maximum absolute atomic E-state index is 12.8. The molecule has 1 aliphatic heterocycles. The van der Waals surface area contributed by atoms with Crippen molar-refractivity contribution in [3.63, 3.8) is 0 Å². The van der Waals surface area contributed by atoms with Crippen molar-refractivity contribution in [2.24, 2.45) is 5.92 Å². The number of carbonyl (C=O) groups is 5. The van der Waals surface area contributed by atoms with Crippen molar-refractivity contribution < 1.29 is 28.7 Å². The van der Waals surface area contributed by atoms with Crippen LogP contribution in [0.4, 0.5) is 9.59 Å². The Balaban J connectivity index is 1.42. The number of rotatable bonds is 5.